The molecule has 0 saturated heterocycles. The molecular weight excluding hydrogens is 316 g/mol. The molecule has 0 amide bonds. The van der Waals surface area contributed by atoms with E-state index in [-0.39, 0.29) is 6.61 Å². The summed E-state index contributed by atoms with van der Waals surface area (Å²) in [4.78, 5) is 12.0. The van der Waals surface area contributed by atoms with Crippen LogP contribution < -0.4 is 0 Å². The quantitative estimate of drug-likeness (QED) is 0.530. The Bertz CT molecular complexity index is 901. The van der Waals surface area contributed by atoms with E-state index in [1.54, 1.807) is 10.8 Å². The maximum atomic E-state index is 12.0. The minimum Gasteiger partial charge on any atom is -0.454 e. The van der Waals surface area contributed by atoms with Gasteiger partial charge in [0.2, 0.25) is 0 Å². The molecule has 3 aromatic rings. The highest BCUT2D eigenvalue weighted by Crippen LogP contribution is 2.12. The molecule has 0 unspecified atom stereocenters. The summed E-state index contributed by atoms with van der Waals surface area (Å²) in [6.45, 7) is 4.04. The van der Waals surface area contributed by atoms with Gasteiger partial charge in [0, 0.05) is 6.08 Å². The maximum absolute atomic E-state index is 12.0. The molecule has 1 heterocycles. The summed E-state index contributed by atoms with van der Waals surface area (Å²) in [5.74, 6) is 0.0158. The number of hydrogen-bond acceptors (Lipinski definition) is 5. The van der Waals surface area contributed by atoms with E-state index in [2.05, 4.69) is 21.6 Å². The first-order valence-corrected chi connectivity index (χ1v) is 7.88. The Morgan fingerprint density at radius 3 is 2.72 bits per heavy atom. The van der Waals surface area contributed by atoms with Gasteiger partial charge in [-0.15, -0.1) is 5.10 Å². The molecule has 6 nitrogen and oxygen atoms in total. The molecular formula is C19H18N4O2. The molecule has 25 heavy (non-hydrogen) atoms. The van der Waals surface area contributed by atoms with Gasteiger partial charge in [-0.05, 0) is 53.6 Å². The van der Waals surface area contributed by atoms with E-state index >= 15 is 0 Å². The lowest BCUT2D eigenvalue weighted by Crippen LogP contribution is -2.08. The number of benzene rings is 2. The van der Waals surface area contributed by atoms with E-state index in [1.807, 2.05) is 56.3 Å². The van der Waals surface area contributed by atoms with Crippen molar-refractivity contribution >= 4 is 12.0 Å². The van der Waals surface area contributed by atoms with Gasteiger partial charge in [0.05, 0.1) is 5.69 Å². The summed E-state index contributed by atoms with van der Waals surface area (Å²) in [6, 6.07) is 15.5. The molecule has 0 aliphatic carbocycles. The predicted octanol–water partition coefficient (Wildman–Crippen LogP) is 3.04. The second kappa shape index (κ2) is 7.53. The van der Waals surface area contributed by atoms with Crippen molar-refractivity contribution in [1.82, 2.24) is 20.2 Å². The number of aromatic nitrogens is 4. The standard InChI is InChI=1S/C19H18N4O2/c1-14-8-9-16(15(2)12-14)10-11-19(24)25-13-18-20-21-22-23(18)17-6-4-3-5-7-17/h3-12H,13H2,1-2H3. The van der Waals surface area contributed by atoms with E-state index < -0.39 is 5.97 Å². The lowest BCUT2D eigenvalue weighted by Gasteiger charge is -2.04. The molecule has 0 atom stereocenters. The van der Waals surface area contributed by atoms with Gasteiger partial charge in [0.15, 0.2) is 12.4 Å². The number of hydrogen-bond donors (Lipinski definition) is 0. The Balaban J connectivity index is 1.64. The topological polar surface area (TPSA) is 69.9 Å². The highest BCUT2D eigenvalue weighted by Gasteiger charge is 2.09. The minimum atomic E-state index is -0.442. The molecule has 0 aliphatic heterocycles. The van der Waals surface area contributed by atoms with E-state index in [0.717, 1.165) is 16.8 Å². The van der Waals surface area contributed by atoms with Crippen molar-refractivity contribution in [3.8, 4) is 5.69 Å². The van der Waals surface area contributed by atoms with Crippen molar-refractivity contribution in [2.45, 2.75) is 20.5 Å². The second-order valence-corrected chi connectivity index (χ2v) is 5.64. The number of carbonyl (C=O) groups excluding carboxylic acids is 1. The predicted molar refractivity (Wildman–Crippen MR) is 93.9 cm³/mol. The van der Waals surface area contributed by atoms with Gasteiger partial charge >= 0.3 is 5.97 Å². The van der Waals surface area contributed by atoms with Crippen molar-refractivity contribution in [1.29, 1.82) is 0 Å². The number of aryl methyl sites for hydroxylation is 2. The van der Waals surface area contributed by atoms with Crippen LogP contribution in [-0.2, 0) is 16.1 Å². The lowest BCUT2D eigenvalue weighted by atomic mass is 10.1. The molecule has 6 heteroatoms. The average Bonchev–Trinajstić information content (AvgIpc) is 3.08. The smallest absolute Gasteiger partial charge is 0.331 e. The van der Waals surface area contributed by atoms with E-state index in [0.29, 0.717) is 5.82 Å². The highest BCUT2D eigenvalue weighted by atomic mass is 16.5. The molecule has 3 rings (SSSR count). The molecule has 0 saturated carbocycles. The number of tetrazole rings is 1. The van der Waals surface area contributed by atoms with Crippen LogP contribution in [-0.4, -0.2) is 26.2 Å². The second-order valence-electron chi connectivity index (χ2n) is 5.64. The number of rotatable bonds is 5. The third-order valence-electron chi connectivity index (χ3n) is 3.70. The molecule has 2 aromatic carbocycles. The van der Waals surface area contributed by atoms with E-state index in [4.69, 9.17) is 4.74 Å². The third-order valence-corrected chi connectivity index (χ3v) is 3.70. The SMILES string of the molecule is Cc1ccc(C=CC(=O)OCc2nnnn2-c2ccccc2)c(C)c1. The van der Waals surface area contributed by atoms with Crippen LogP contribution in [0.3, 0.4) is 0 Å². The summed E-state index contributed by atoms with van der Waals surface area (Å²) in [5.41, 5.74) is 4.09. The molecule has 0 bridgehead atoms. The molecule has 1 aromatic heterocycles. The summed E-state index contributed by atoms with van der Waals surface area (Å²) in [5, 5.41) is 11.5. The molecule has 0 spiro atoms. The van der Waals surface area contributed by atoms with Gasteiger partial charge in [0.25, 0.3) is 0 Å². The van der Waals surface area contributed by atoms with Crippen LogP contribution in [0.4, 0.5) is 0 Å². The molecule has 0 aliphatic rings. The average molecular weight is 334 g/mol. The summed E-state index contributed by atoms with van der Waals surface area (Å²) >= 11 is 0. The zero-order valence-corrected chi connectivity index (χ0v) is 14.1. The van der Waals surface area contributed by atoms with E-state index in [9.17, 15) is 4.79 Å². The Morgan fingerprint density at radius 2 is 1.96 bits per heavy atom. The summed E-state index contributed by atoms with van der Waals surface area (Å²) in [7, 11) is 0. The van der Waals surface area contributed by atoms with Crippen molar-refractivity contribution in [2.24, 2.45) is 0 Å². The zero-order chi connectivity index (χ0) is 17.6. The Kier molecular flexibility index (Phi) is 4.99. The number of para-hydroxylation sites is 1. The molecule has 0 radical (unpaired) electrons. The summed E-state index contributed by atoms with van der Waals surface area (Å²) < 4.78 is 6.79. The third kappa shape index (κ3) is 4.17. The van der Waals surface area contributed by atoms with Gasteiger partial charge in [0.1, 0.15) is 0 Å². The lowest BCUT2D eigenvalue weighted by molar-refractivity contribution is -0.139. The minimum absolute atomic E-state index is 0.00204. The zero-order valence-electron chi connectivity index (χ0n) is 14.1. The number of carbonyl (C=O) groups is 1. The largest absolute Gasteiger partial charge is 0.454 e. The number of nitrogens with zero attached hydrogens (tertiary/aromatic N) is 4. The van der Waals surface area contributed by atoms with E-state index in [1.165, 1.54) is 11.6 Å². The fourth-order valence-corrected chi connectivity index (χ4v) is 2.42. The molecule has 0 N–H and O–H groups in total. The molecule has 126 valence electrons. The Hall–Kier alpha value is -3.28. The normalized spacial score (nSPS) is 11.0. The van der Waals surface area contributed by atoms with Gasteiger partial charge in [-0.1, -0.05) is 42.0 Å². The van der Waals surface area contributed by atoms with Crippen LogP contribution in [0.5, 0.6) is 0 Å². The highest BCUT2D eigenvalue weighted by molar-refractivity contribution is 5.87. The van der Waals surface area contributed by atoms with Crippen LogP contribution in [0.15, 0.2) is 54.6 Å². The van der Waals surface area contributed by atoms with Crippen molar-refractivity contribution < 1.29 is 9.53 Å². The number of ether oxygens (including phenoxy) is 1. The van der Waals surface area contributed by atoms with Crippen LogP contribution in [0.1, 0.15) is 22.5 Å². The van der Waals surface area contributed by atoms with Crippen LogP contribution in [0, 0.1) is 13.8 Å². The van der Waals surface area contributed by atoms with Crippen LogP contribution >= 0.6 is 0 Å². The summed E-state index contributed by atoms with van der Waals surface area (Å²) in [6.07, 6.45) is 3.16. The van der Waals surface area contributed by atoms with Crippen molar-refractivity contribution in [3.05, 3.63) is 77.1 Å². The van der Waals surface area contributed by atoms with Crippen molar-refractivity contribution in [2.75, 3.05) is 0 Å². The monoisotopic (exact) mass is 334 g/mol. The van der Waals surface area contributed by atoms with Crippen LogP contribution in [0.2, 0.25) is 0 Å². The van der Waals surface area contributed by atoms with Gasteiger partial charge in [-0.3, -0.25) is 0 Å². The van der Waals surface area contributed by atoms with Crippen molar-refractivity contribution in [3.63, 3.8) is 0 Å². The first-order valence-electron chi connectivity index (χ1n) is 7.88. The Labute approximate surface area is 145 Å². The molecule has 0 fully saturated rings. The first kappa shape index (κ1) is 16.6. The van der Waals surface area contributed by atoms with Gasteiger partial charge in [-0.2, -0.15) is 4.68 Å². The van der Waals surface area contributed by atoms with Gasteiger partial charge in [-0.25, -0.2) is 4.79 Å². The first-order chi connectivity index (χ1) is 12.1. The van der Waals surface area contributed by atoms with Gasteiger partial charge < -0.3 is 4.74 Å². The fourth-order valence-electron chi connectivity index (χ4n) is 2.42. The number of esters is 1. The van der Waals surface area contributed by atoms with Crippen LogP contribution in [0.25, 0.3) is 11.8 Å². The maximum Gasteiger partial charge on any atom is 0.331 e. The Morgan fingerprint density at radius 1 is 1.16 bits per heavy atom. The fraction of sp³-hybridized carbons (Fsp3) is 0.158.